The SMILES string of the molecule is CC(C)(C)Cc1cc(=O)[nH]c(=O)[nH]1. The lowest BCUT2D eigenvalue weighted by molar-refractivity contribution is 0.405. The van der Waals surface area contributed by atoms with Crippen LogP contribution in [0.2, 0.25) is 0 Å². The standard InChI is InChI=1S/C9H14N2O2/c1-9(2,3)5-6-4-7(12)11-8(13)10-6/h4H,5H2,1-3H3,(H2,10,11,12,13). The average molecular weight is 182 g/mol. The van der Waals surface area contributed by atoms with E-state index in [0.29, 0.717) is 12.1 Å². The molecule has 13 heavy (non-hydrogen) atoms. The van der Waals surface area contributed by atoms with Gasteiger partial charge in [-0.2, -0.15) is 0 Å². The highest BCUT2D eigenvalue weighted by Gasteiger charge is 2.11. The van der Waals surface area contributed by atoms with E-state index < -0.39 is 5.69 Å². The molecule has 4 nitrogen and oxygen atoms in total. The number of H-pyrrole nitrogens is 2. The van der Waals surface area contributed by atoms with Crippen LogP contribution >= 0.6 is 0 Å². The van der Waals surface area contributed by atoms with Crippen LogP contribution in [0, 0.1) is 5.41 Å². The van der Waals surface area contributed by atoms with Gasteiger partial charge in [0.2, 0.25) is 0 Å². The lowest BCUT2D eigenvalue weighted by Gasteiger charge is -2.16. The van der Waals surface area contributed by atoms with E-state index in [-0.39, 0.29) is 11.0 Å². The summed E-state index contributed by atoms with van der Waals surface area (Å²) in [6.07, 6.45) is 0.687. The molecule has 4 heteroatoms. The summed E-state index contributed by atoms with van der Waals surface area (Å²) in [5.41, 5.74) is -0.0347. The summed E-state index contributed by atoms with van der Waals surface area (Å²) < 4.78 is 0. The monoisotopic (exact) mass is 182 g/mol. The summed E-state index contributed by atoms with van der Waals surface area (Å²) >= 11 is 0. The Morgan fingerprint density at radius 2 is 1.85 bits per heavy atom. The normalized spacial score (nSPS) is 11.6. The van der Waals surface area contributed by atoms with Crippen molar-refractivity contribution in [3.05, 3.63) is 32.6 Å². The summed E-state index contributed by atoms with van der Waals surface area (Å²) in [5.74, 6) is 0. The topological polar surface area (TPSA) is 65.7 Å². The van der Waals surface area contributed by atoms with E-state index in [1.807, 2.05) is 20.8 Å². The highest BCUT2D eigenvalue weighted by atomic mass is 16.2. The van der Waals surface area contributed by atoms with Gasteiger partial charge >= 0.3 is 5.69 Å². The zero-order valence-electron chi connectivity index (χ0n) is 8.10. The van der Waals surface area contributed by atoms with Crippen LogP contribution in [0.5, 0.6) is 0 Å². The third-order valence-corrected chi connectivity index (χ3v) is 1.54. The Morgan fingerprint density at radius 1 is 1.23 bits per heavy atom. The van der Waals surface area contributed by atoms with Gasteiger partial charge in [0.15, 0.2) is 0 Å². The molecule has 0 amide bonds. The molecule has 2 N–H and O–H groups in total. The van der Waals surface area contributed by atoms with Crippen molar-refractivity contribution in [2.45, 2.75) is 27.2 Å². The molecular formula is C9H14N2O2. The Hall–Kier alpha value is -1.32. The molecule has 1 rings (SSSR count). The Morgan fingerprint density at radius 3 is 2.31 bits per heavy atom. The lowest BCUT2D eigenvalue weighted by atomic mass is 9.90. The van der Waals surface area contributed by atoms with E-state index in [9.17, 15) is 9.59 Å². The molecule has 1 aromatic heterocycles. The Kier molecular flexibility index (Phi) is 2.40. The smallest absolute Gasteiger partial charge is 0.311 e. The number of hydrogen-bond donors (Lipinski definition) is 2. The van der Waals surface area contributed by atoms with Crippen molar-refractivity contribution in [3.63, 3.8) is 0 Å². The number of rotatable bonds is 1. The van der Waals surface area contributed by atoms with Gasteiger partial charge in [0.25, 0.3) is 5.56 Å². The van der Waals surface area contributed by atoms with E-state index in [4.69, 9.17) is 0 Å². The first-order valence-corrected chi connectivity index (χ1v) is 4.19. The molecule has 0 atom stereocenters. The van der Waals surface area contributed by atoms with E-state index in [2.05, 4.69) is 9.97 Å². The number of aromatic nitrogens is 2. The summed E-state index contributed by atoms with van der Waals surface area (Å²) in [6.45, 7) is 6.14. The summed E-state index contributed by atoms with van der Waals surface area (Å²) in [6, 6.07) is 1.42. The molecule has 0 aliphatic rings. The van der Waals surface area contributed by atoms with Crippen molar-refractivity contribution in [2.75, 3.05) is 0 Å². The zero-order valence-corrected chi connectivity index (χ0v) is 8.10. The van der Waals surface area contributed by atoms with Crippen LogP contribution in [0.25, 0.3) is 0 Å². The summed E-state index contributed by atoms with van der Waals surface area (Å²) in [7, 11) is 0. The molecule has 0 aliphatic carbocycles. The molecule has 0 saturated heterocycles. The summed E-state index contributed by atoms with van der Waals surface area (Å²) in [5, 5.41) is 0. The van der Waals surface area contributed by atoms with E-state index in [1.54, 1.807) is 0 Å². The molecule has 0 bridgehead atoms. The van der Waals surface area contributed by atoms with Crippen LogP contribution in [-0.2, 0) is 6.42 Å². The maximum absolute atomic E-state index is 10.9. The van der Waals surface area contributed by atoms with Crippen molar-refractivity contribution >= 4 is 0 Å². The number of nitrogens with one attached hydrogen (secondary N) is 2. The van der Waals surface area contributed by atoms with Crippen molar-refractivity contribution in [3.8, 4) is 0 Å². The van der Waals surface area contributed by atoms with Gasteiger partial charge in [0, 0.05) is 11.8 Å². The van der Waals surface area contributed by atoms with Gasteiger partial charge in [-0.05, 0) is 11.8 Å². The molecule has 0 aromatic carbocycles. The van der Waals surface area contributed by atoms with E-state index in [0.717, 1.165) is 0 Å². The molecule has 1 aromatic rings. The maximum Gasteiger partial charge on any atom is 0.325 e. The molecule has 0 fully saturated rings. The minimum atomic E-state index is -0.438. The molecule has 1 heterocycles. The predicted octanol–water partition coefficient (Wildman–Crippen LogP) is 0.652. The fourth-order valence-electron chi connectivity index (χ4n) is 1.19. The molecular weight excluding hydrogens is 168 g/mol. The van der Waals surface area contributed by atoms with Crippen LogP contribution in [0.15, 0.2) is 15.7 Å². The van der Waals surface area contributed by atoms with Crippen molar-refractivity contribution < 1.29 is 0 Å². The molecule has 0 radical (unpaired) electrons. The maximum atomic E-state index is 10.9. The van der Waals surface area contributed by atoms with E-state index >= 15 is 0 Å². The van der Waals surface area contributed by atoms with Gasteiger partial charge < -0.3 is 4.98 Å². The van der Waals surface area contributed by atoms with Crippen LogP contribution < -0.4 is 11.2 Å². The fourth-order valence-corrected chi connectivity index (χ4v) is 1.19. The van der Waals surface area contributed by atoms with Gasteiger partial charge in [-0.3, -0.25) is 9.78 Å². The van der Waals surface area contributed by atoms with Crippen molar-refractivity contribution in [2.24, 2.45) is 5.41 Å². The van der Waals surface area contributed by atoms with Crippen LogP contribution in [0.3, 0.4) is 0 Å². The minimum absolute atomic E-state index is 0.0662. The lowest BCUT2D eigenvalue weighted by Crippen LogP contribution is -2.25. The molecule has 0 unspecified atom stereocenters. The number of hydrogen-bond acceptors (Lipinski definition) is 2. The van der Waals surface area contributed by atoms with Crippen molar-refractivity contribution in [1.29, 1.82) is 0 Å². The molecule has 72 valence electrons. The summed E-state index contributed by atoms with van der Waals surface area (Å²) in [4.78, 5) is 26.5. The van der Waals surface area contributed by atoms with Gasteiger partial charge in [-0.1, -0.05) is 20.8 Å². The van der Waals surface area contributed by atoms with Crippen molar-refractivity contribution in [1.82, 2.24) is 9.97 Å². The Balaban J connectivity index is 3.03. The third-order valence-electron chi connectivity index (χ3n) is 1.54. The Labute approximate surface area is 76.0 Å². The predicted molar refractivity (Wildman–Crippen MR) is 50.8 cm³/mol. The first-order valence-electron chi connectivity index (χ1n) is 4.19. The van der Waals surface area contributed by atoms with Gasteiger partial charge in [0.05, 0.1) is 0 Å². The molecule has 0 saturated carbocycles. The van der Waals surface area contributed by atoms with Gasteiger partial charge in [-0.25, -0.2) is 4.79 Å². The molecule has 0 aliphatic heterocycles. The number of aromatic amines is 2. The third kappa shape index (κ3) is 3.27. The second kappa shape index (κ2) is 3.20. The Bertz CT molecular complexity index is 367. The average Bonchev–Trinajstić information content (AvgIpc) is 1.78. The second-order valence-electron chi connectivity index (χ2n) is 4.35. The molecule has 0 spiro atoms. The first-order chi connectivity index (χ1) is 5.87. The quantitative estimate of drug-likeness (QED) is 0.669. The zero-order chi connectivity index (χ0) is 10.1. The van der Waals surface area contributed by atoms with Crippen LogP contribution in [-0.4, -0.2) is 9.97 Å². The van der Waals surface area contributed by atoms with Crippen LogP contribution in [0.4, 0.5) is 0 Å². The largest absolute Gasteiger partial charge is 0.325 e. The first kappa shape index (κ1) is 9.77. The van der Waals surface area contributed by atoms with Gasteiger partial charge in [0.1, 0.15) is 0 Å². The second-order valence-corrected chi connectivity index (χ2v) is 4.35. The highest BCUT2D eigenvalue weighted by Crippen LogP contribution is 2.17. The fraction of sp³-hybridized carbons (Fsp3) is 0.556. The van der Waals surface area contributed by atoms with E-state index in [1.165, 1.54) is 6.07 Å². The van der Waals surface area contributed by atoms with Crippen LogP contribution in [0.1, 0.15) is 26.5 Å². The van der Waals surface area contributed by atoms with Gasteiger partial charge in [-0.15, -0.1) is 0 Å². The minimum Gasteiger partial charge on any atom is -0.311 e. The highest BCUT2D eigenvalue weighted by molar-refractivity contribution is 5.00.